The van der Waals surface area contributed by atoms with Crippen molar-refractivity contribution in [2.24, 2.45) is 0 Å². The van der Waals surface area contributed by atoms with Gasteiger partial charge in [-0.2, -0.15) is 13.2 Å². The number of hydrogen-bond donors (Lipinski definition) is 2. The SMILES string of the molecule is COCCCNC(=O)c1cc(NC(=O)c2ccc(C(F)(F)F)cc2)ccc1N(C)C. The summed E-state index contributed by atoms with van der Waals surface area (Å²) in [5, 5.41) is 5.41. The average molecular weight is 423 g/mol. The number of ether oxygens (including phenoxy) is 1. The van der Waals surface area contributed by atoms with Crippen LogP contribution in [0.25, 0.3) is 0 Å². The van der Waals surface area contributed by atoms with Crippen molar-refractivity contribution >= 4 is 23.2 Å². The van der Waals surface area contributed by atoms with Gasteiger partial charge in [-0.25, -0.2) is 0 Å². The molecule has 9 heteroatoms. The van der Waals surface area contributed by atoms with Crippen LogP contribution in [0.15, 0.2) is 42.5 Å². The zero-order valence-electron chi connectivity index (χ0n) is 17.0. The molecule has 0 fully saturated rings. The third kappa shape index (κ3) is 6.21. The van der Waals surface area contributed by atoms with Gasteiger partial charge in [-0.1, -0.05) is 0 Å². The Morgan fingerprint density at radius 2 is 1.70 bits per heavy atom. The molecule has 2 N–H and O–H groups in total. The Hall–Kier alpha value is -3.07. The van der Waals surface area contributed by atoms with Gasteiger partial charge in [0.05, 0.1) is 11.1 Å². The van der Waals surface area contributed by atoms with Gasteiger partial charge in [0, 0.05) is 51.3 Å². The number of rotatable bonds is 8. The summed E-state index contributed by atoms with van der Waals surface area (Å²) in [6, 6.07) is 8.76. The number of nitrogens with one attached hydrogen (secondary N) is 2. The Morgan fingerprint density at radius 3 is 2.27 bits per heavy atom. The molecule has 30 heavy (non-hydrogen) atoms. The third-order valence-electron chi connectivity index (χ3n) is 4.27. The van der Waals surface area contributed by atoms with Crippen LogP contribution in [0.1, 0.15) is 32.7 Å². The van der Waals surface area contributed by atoms with Crippen molar-refractivity contribution < 1.29 is 27.5 Å². The van der Waals surface area contributed by atoms with Crippen molar-refractivity contribution in [1.29, 1.82) is 0 Å². The lowest BCUT2D eigenvalue weighted by Crippen LogP contribution is -2.27. The predicted octanol–water partition coefficient (Wildman–Crippen LogP) is 3.79. The van der Waals surface area contributed by atoms with Crippen molar-refractivity contribution in [2.75, 3.05) is 44.6 Å². The third-order valence-corrected chi connectivity index (χ3v) is 4.27. The number of carbonyl (C=O) groups excluding carboxylic acids is 2. The molecule has 0 atom stereocenters. The first kappa shape index (κ1) is 23.2. The summed E-state index contributed by atoms with van der Waals surface area (Å²) in [5.41, 5.74) is 0.619. The van der Waals surface area contributed by atoms with Gasteiger partial charge < -0.3 is 20.3 Å². The highest BCUT2D eigenvalue weighted by molar-refractivity contribution is 6.06. The van der Waals surface area contributed by atoms with E-state index in [0.717, 1.165) is 24.3 Å². The van der Waals surface area contributed by atoms with Crippen LogP contribution in [0, 0.1) is 0 Å². The Kier molecular flexibility index (Phi) is 7.82. The topological polar surface area (TPSA) is 70.7 Å². The van der Waals surface area contributed by atoms with Gasteiger partial charge in [0.25, 0.3) is 11.8 Å². The van der Waals surface area contributed by atoms with E-state index in [2.05, 4.69) is 10.6 Å². The Labute approximate surface area is 173 Å². The molecule has 2 aromatic carbocycles. The second kappa shape index (κ2) is 10.1. The van der Waals surface area contributed by atoms with Crippen molar-refractivity contribution in [1.82, 2.24) is 5.32 Å². The fourth-order valence-corrected chi connectivity index (χ4v) is 2.71. The smallest absolute Gasteiger partial charge is 0.385 e. The van der Waals surface area contributed by atoms with Gasteiger partial charge in [0.2, 0.25) is 0 Å². The number of amides is 2. The summed E-state index contributed by atoms with van der Waals surface area (Å²) in [6.07, 6.45) is -3.81. The summed E-state index contributed by atoms with van der Waals surface area (Å²) in [4.78, 5) is 26.7. The lowest BCUT2D eigenvalue weighted by atomic mass is 10.1. The zero-order valence-corrected chi connectivity index (χ0v) is 17.0. The van der Waals surface area contributed by atoms with Crippen LogP contribution in [0.3, 0.4) is 0 Å². The van der Waals surface area contributed by atoms with Crippen molar-refractivity contribution in [2.45, 2.75) is 12.6 Å². The second-order valence-corrected chi connectivity index (χ2v) is 6.76. The van der Waals surface area contributed by atoms with E-state index in [9.17, 15) is 22.8 Å². The number of methoxy groups -OCH3 is 1. The molecular formula is C21H24F3N3O3. The summed E-state index contributed by atoms with van der Waals surface area (Å²) < 4.78 is 43.0. The van der Waals surface area contributed by atoms with E-state index in [0.29, 0.717) is 36.5 Å². The molecule has 0 bridgehead atoms. The maximum atomic E-state index is 12.7. The Morgan fingerprint density at radius 1 is 1.03 bits per heavy atom. The Bertz CT molecular complexity index is 881. The molecule has 0 saturated carbocycles. The van der Waals surface area contributed by atoms with E-state index in [1.807, 2.05) is 0 Å². The number of nitrogens with zero attached hydrogens (tertiary/aromatic N) is 1. The van der Waals surface area contributed by atoms with E-state index in [-0.39, 0.29) is 11.5 Å². The molecule has 0 aliphatic rings. The predicted molar refractivity (Wildman–Crippen MR) is 109 cm³/mol. The van der Waals surface area contributed by atoms with Gasteiger partial charge in [-0.15, -0.1) is 0 Å². The van der Waals surface area contributed by atoms with Crippen molar-refractivity contribution in [3.63, 3.8) is 0 Å². The minimum absolute atomic E-state index is 0.0743. The molecule has 2 rings (SSSR count). The molecule has 2 amide bonds. The van der Waals surface area contributed by atoms with Gasteiger partial charge in [0.1, 0.15) is 0 Å². The summed E-state index contributed by atoms with van der Waals surface area (Å²) in [6.45, 7) is 0.950. The van der Waals surface area contributed by atoms with Crippen LogP contribution in [-0.2, 0) is 10.9 Å². The number of halogens is 3. The van der Waals surface area contributed by atoms with Gasteiger partial charge >= 0.3 is 6.18 Å². The number of anilines is 2. The van der Waals surface area contributed by atoms with Crippen molar-refractivity contribution in [3.8, 4) is 0 Å². The maximum absolute atomic E-state index is 12.7. The summed E-state index contributed by atoms with van der Waals surface area (Å²) >= 11 is 0. The van der Waals surface area contributed by atoms with Crippen LogP contribution >= 0.6 is 0 Å². The lowest BCUT2D eigenvalue weighted by Gasteiger charge is -2.18. The molecular weight excluding hydrogens is 399 g/mol. The molecule has 6 nitrogen and oxygen atoms in total. The fraction of sp³-hybridized carbons (Fsp3) is 0.333. The first-order valence-corrected chi connectivity index (χ1v) is 9.20. The van der Waals surface area contributed by atoms with E-state index in [1.165, 1.54) is 6.07 Å². The van der Waals surface area contributed by atoms with E-state index in [1.54, 1.807) is 38.2 Å². The van der Waals surface area contributed by atoms with Crippen LogP contribution in [0.2, 0.25) is 0 Å². The first-order valence-electron chi connectivity index (χ1n) is 9.20. The number of hydrogen-bond acceptors (Lipinski definition) is 4. The van der Waals surface area contributed by atoms with E-state index in [4.69, 9.17) is 4.74 Å². The van der Waals surface area contributed by atoms with Gasteiger partial charge in [-0.05, 0) is 48.9 Å². The molecule has 0 spiro atoms. The molecule has 0 unspecified atom stereocenters. The number of carbonyl (C=O) groups is 2. The fourth-order valence-electron chi connectivity index (χ4n) is 2.71. The molecule has 0 saturated heterocycles. The molecule has 0 aromatic heterocycles. The Balaban J connectivity index is 2.17. The standard InChI is InChI=1S/C21H24F3N3O3/c1-27(2)18-10-9-16(13-17(18)20(29)25-11-4-12-30-3)26-19(28)14-5-7-15(8-6-14)21(22,23)24/h5-10,13H,4,11-12H2,1-3H3,(H,25,29)(H,26,28). The number of alkyl halides is 3. The highest BCUT2D eigenvalue weighted by atomic mass is 19.4. The van der Waals surface area contributed by atoms with Crippen LogP contribution in [-0.4, -0.2) is 46.2 Å². The van der Waals surface area contributed by atoms with Gasteiger partial charge in [-0.3, -0.25) is 9.59 Å². The normalized spacial score (nSPS) is 11.1. The van der Waals surface area contributed by atoms with Crippen LogP contribution in [0.4, 0.5) is 24.5 Å². The molecule has 0 aliphatic carbocycles. The summed E-state index contributed by atoms with van der Waals surface area (Å²) in [5.74, 6) is -0.881. The van der Waals surface area contributed by atoms with Crippen molar-refractivity contribution in [3.05, 3.63) is 59.2 Å². The largest absolute Gasteiger partial charge is 0.416 e. The van der Waals surface area contributed by atoms with Crippen LogP contribution < -0.4 is 15.5 Å². The van der Waals surface area contributed by atoms with Gasteiger partial charge in [0.15, 0.2) is 0 Å². The maximum Gasteiger partial charge on any atom is 0.416 e. The monoisotopic (exact) mass is 423 g/mol. The minimum Gasteiger partial charge on any atom is -0.385 e. The first-order chi connectivity index (χ1) is 14.1. The quantitative estimate of drug-likeness (QED) is 0.634. The number of benzene rings is 2. The molecule has 0 aliphatic heterocycles. The molecule has 0 radical (unpaired) electrons. The van der Waals surface area contributed by atoms with E-state index < -0.39 is 17.6 Å². The van der Waals surface area contributed by atoms with Crippen LogP contribution in [0.5, 0.6) is 0 Å². The highest BCUT2D eigenvalue weighted by Crippen LogP contribution is 2.29. The minimum atomic E-state index is -4.47. The summed E-state index contributed by atoms with van der Waals surface area (Å²) in [7, 11) is 5.16. The molecule has 0 heterocycles. The molecule has 2 aromatic rings. The highest BCUT2D eigenvalue weighted by Gasteiger charge is 2.30. The lowest BCUT2D eigenvalue weighted by molar-refractivity contribution is -0.137. The van der Waals surface area contributed by atoms with E-state index >= 15 is 0 Å². The molecule has 162 valence electrons. The average Bonchev–Trinajstić information content (AvgIpc) is 2.70. The second-order valence-electron chi connectivity index (χ2n) is 6.76. The zero-order chi connectivity index (χ0) is 22.3.